The molecule has 0 saturated carbocycles. The molecule has 1 aromatic carbocycles. The molecule has 0 spiro atoms. The third-order valence-electron chi connectivity index (χ3n) is 2.49. The van der Waals surface area contributed by atoms with Crippen LogP contribution in [0.4, 0.5) is 0 Å². The van der Waals surface area contributed by atoms with Gasteiger partial charge in [0, 0.05) is 5.56 Å². The summed E-state index contributed by atoms with van der Waals surface area (Å²) in [5, 5.41) is 0. The van der Waals surface area contributed by atoms with Crippen LogP contribution in [0.15, 0.2) is 43.0 Å². The van der Waals surface area contributed by atoms with Gasteiger partial charge in [0.25, 0.3) is 0 Å². The summed E-state index contributed by atoms with van der Waals surface area (Å²) in [6.45, 7) is 2.39. The second-order valence-corrected chi connectivity index (χ2v) is 4.04. The highest BCUT2D eigenvalue weighted by molar-refractivity contribution is 5.96. The van der Waals surface area contributed by atoms with Gasteiger partial charge in [0.05, 0.1) is 7.05 Å². The van der Waals surface area contributed by atoms with Gasteiger partial charge in [-0.2, -0.15) is 0 Å². The minimum atomic E-state index is 0.139. The lowest BCUT2D eigenvalue weighted by Gasteiger charge is -1.99. The van der Waals surface area contributed by atoms with Gasteiger partial charge in [0.15, 0.2) is 6.54 Å². The lowest BCUT2D eigenvalue weighted by Crippen LogP contribution is -2.24. The molecule has 0 atom stereocenters. The average molecular weight is 215 g/mol. The van der Waals surface area contributed by atoms with Crippen LogP contribution in [0.1, 0.15) is 15.9 Å². The van der Waals surface area contributed by atoms with Gasteiger partial charge in [-0.05, 0) is 13.0 Å². The second-order valence-electron chi connectivity index (χ2n) is 4.04. The zero-order valence-corrected chi connectivity index (χ0v) is 9.55. The maximum Gasteiger partial charge on any atom is 0.243 e. The van der Waals surface area contributed by atoms with E-state index in [-0.39, 0.29) is 5.78 Å². The Hall–Kier alpha value is -1.90. The minimum Gasteiger partial charge on any atom is -0.290 e. The van der Waals surface area contributed by atoms with Crippen molar-refractivity contribution in [1.82, 2.24) is 4.57 Å². The van der Waals surface area contributed by atoms with Crippen LogP contribution < -0.4 is 4.57 Å². The first-order valence-electron chi connectivity index (χ1n) is 5.26. The first kappa shape index (κ1) is 10.6. The van der Waals surface area contributed by atoms with E-state index in [0.29, 0.717) is 6.54 Å². The number of Topliss-reactive ketones (excluding diaryl/α,β-unsaturated/α-hetero) is 1. The van der Waals surface area contributed by atoms with Crippen molar-refractivity contribution in [3.8, 4) is 0 Å². The van der Waals surface area contributed by atoms with Gasteiger partial charge in [-0.25, -0.2) is 9.13 Å². The van der Waals surface area contributed by atoms with Crippen molar-refractivity contribution in [2.75, 3.05) is 0 Å². The zero-order chi connectivity index (χ0) is 11.5. The molecule has 0 radical (unpaired) electrons. The Labute approximate surface area is 95.0 Å². The van der Waals surface area contributed by atoms with Gasteiger partial charge in [-0.15, -0.1) is 0 Å². The average Bonchev–Trinajstić information content (AvgIpc) is 2.64. The van der Waals surface area contributed by atoms with Gasteiger partial charge in [-0.3, -0.25) is 4.79 Å². The first-order chi connectivity index (χ1) is 7.65. The standard InChI is InChI=1S/C13H15N2O/c1-11-4-3-5-12(8-11)13(16)9-15-7-6-14(2)10-15/h3-8,10H,9H2,1-2H3/q+1. The van der Waals surface area contributed by atoms with E-state index in [1.807, 2.05) is 66.1 Å². The molecule has 16 heavy (non-hydrogen) atoms. The molecule has 82 valence electrons. The predicted molar refractivity (Wildman–Crippen MR) is 61.1 cm³/mol. The molecule has 0 bridgehead atoms. The molecule has 3 heteroatoms. The number of aryl methyl sites for hydroxylation is 2. The molecular weight excluding hydrogens is 200 g/mol. The highest BCUT2D eigenvalue weighted by atomic mass is 16.1. The summed E-state index contributed by atoms with van der Waals surface area (Å²) < 4.78 is 3.80. The van der Waals surface area contributed by atoms with E-state index < -0.39 is 0 Å². The number of hydrogen-bond donors (Lipinski definition) is 0. The van der Waals surface area contributed by atoms with E-state index in [1.165, 1.54) is 0 Å². The van der Waals surface area contributed by atoms with Crippen LogP contribution in [0.3, 0.4) is 0 Å². The van der Waals surface area contributed by atoms with Crippen LogP contribution in [0.25, 0.3) is 0 Å². The fourth-order valence-electron chi connectivity index (χ4n) is 1.67. The van der Waals surface area contributed by atoms with Gasteiger partial charge in [0.2, 0.25) is 12.1 Å². The van der Waals surface area contributed by atoms with Crippen molar-refractivity contribution in [3.05, 3.63) is 54.1 Å². The van der Waals surface area contributed by atoms with Crippen molar-refractivity contribution >= 4 is 5.78 Å². The lowest BCUT2D eigenvalue weighted by molar-refractivity contribution is -0.671. The van der Waals surface area contributed by atoms with Gasteiger partial charge >= 0.3 is 0 Å². The van der Waals surface area contributed by atoms with Crippen LogP contribution in [0, 0.1) is 6.92 Å². The smallest absolute Gasteiger partial charge is 0.243 e. The van der Waals surface area contributed by atoms with Gasteiger partial charge in [0.1, 0.15) is 12.4 Å². The number of rotatable bonds is 3. The summed E-state index contributed by atoms with van der Waals surface area (Å²) in [4.78, 5) is 11.9. The maximum atomic E-state index is 11.9. The van der Waals surface area contributed by atoms with E-state index in [0.717, 1.165) is 11.1 Å². The summed E-state index contributed by atoms with van der Waals surface area (Å²) in [5.74, 6) is 0.139. The Bertz CT molecular complexity index is 514. The molecule has 1 heterocycles. The number of carbonyl (C=O) groups excluding carboxylic acids is 1. The Morgan fingerprint density at radius 2 is 2.25 bits per heavy atom. The number of benzene rings is 1. The van der Waals surface area contributed by atoms with E-state index in [4.69, 9.17) is 0 Å². The monoisotopic (exact) mass is 215 g/mol. The molecule has 0 fully saturated rings. The predicted octanol–water partition coefficient (Wildman–Crippen LogP) is 1.50. The second kappa shape index (κ2) is 4.31. The number of hydrogen-bond acceptors (Lipinski definition) is 1. The minimum absolute atomic E-state index is 0.139. The molecule has 0 unspecified atom stereocenters. The van der Waals surface area contributed by atoms with Crippen LogP contribution in [-0.2, 0) is 13.6 Å². The summed E-state index contributed by atoms with van der Waals surface area (Å²) in [7, 11) is 1.94. The highest BCUT2D eigenvalue weighted by Gasteiger charge is 2.10. The van der Waals surface area contributed by atoms with Crippen LogP contribution in [0.2, 0.25) is 0 Å². The van der Waals surface area contributed by atoms with Gasteiger partial charge in [-0.1, -0.05) is 23.8 Å². The highest BCUT2D eigenvalue weighted by Crippen LogP contribution is 2.05. The van der Waals surface area contributed by atoms with Crippen LogP contribution in [0.5, 0.6) is 0 Å². The number of imidazole rings is 1. The van der Waals surface area contributed by atoms with Crippen LogP contribution >= 0.6 is 0 Å². The Morgan fingerprint density at radius 3 is 2.88 bits per heavy atom. The summed E-state index contributed by atoms with van der Waals surface area (Å²) in [6, 6.07) is 7.69. The maximum absolute atomic E-state index is 11.9. The lowest BCUT2D eigenvalue weighted by atomic mass is 10.1. The summed E-state index contributed by atoms with van der Waals surface area (Å²) >= 11 is 0. The van der Waals surface area contributed by atoms with Crippen molar-refractivity contribution in [1.29, 1.82) is 0 Å². The molecule has 0 saturated heterocycles. The van der Waals surface area contributed by atoms with Crippen molar-refractivity contribution < 1.29 is 9.36 Å². The molecule has 1 aromatic heterocycles. The Balaban J connectivity index is 2.14. The molecule has 0 aliphatic heterocycles. The van der Waals surface area contributed by atoms with Crippen molar-refractivity contribution in [3.63, 3.8) is 0 Å². The molecule has 2 rings (SSSR count). The van der Waals surface area contributed by atoms with E-state index in [1.54, 1.807) is 0 Å². The molecule has 0 N–H and O–H groups in total. The largest absolute Gasteiger partial charge is 0.290 e. The quantitative estimate of drug-likeness (QED) is 0.563. The molecule has 0 amide bonds. The van der Waals surface area contributed by atoms with Gasteiger partial charge < -0.3 is 0 Å². The molecule has 3 nitrogen and oxygen atoms in total. The third kappa shape index (κ3) is 2.37. The fourth-order valence-corrected chi connectivity index (χ4v) is 1.67. The SMILES string of the molecule is Cc1cccc(C(=O)Cn2cc[n+](C)c2)c1. The molecular formula is C13H15N2O+. The van der Waals surface area contributed by atoms with E-state index in [9.17, 15) is 4.79 Å². The fraction of sp³-hybridized carbons (Fsp3) is 0.231. The number of ketones is 1. The van der Waals surface area contributed by atoms with E-state index in [2.05, 4.69) is 0 Å². The third-order valence-corrected chi connectivity index (χ3v) is 2.49. The topological polar surface area (TPSA) is 25.9 Å². The summed E-state index contributed by atoms with van der Waals surface area (Å²) in [5.41, 5.74) is 1.89. The first-order valence-corrected chi connectivity index (χ1v) is 5.26. The molecule has 0 aliphatic rings. The number of carbonyl (C=O) groups is 1. The summed E-state index contributed by atoms with van der Waals surface area (Å²) in [6.07, 6.45) is 5.71. The molecule has 0 aliphatic carbocycles. The Kier molecular flexibility index (Phi) is 2.86. The van der Waals surface area contributed by atoms with Crippen molar-refractivity contribution in [2.24, 2.45) is 7.05 Å². The van der Waals surface area contributed by atoms with E-state index >= 15 is 0 Å². The van der Waals surface area contributed by atoms with Crippen LogP contribution in [-0.4, -0.2) is 10.4 Å². The Morgan fingerprint density at radius 1 is 1.44 bits per heavy atom. The normalized spacial score (nSPS) is 10.4. The number of nitrogens with zero attached hydrogens (tertiary/aromatic N) is 2. The zero-order valence-electron chi connectivity index (χ0n) is 9.55. The molecule has 2 aromatic rings. The number of aromatic nitrogens is 2. The van der Waals surface area contributed by atoms with Crippen molar-refractivity contribution in [2.45, 2.75) is 13.5 Å².